The van der Waals surface area contributed by atoms with Gasteiger partial charge in [0, 0.05) is 28.2 Å². The first-order valence-electron chi connectivity index (χ1n) is 18.9. The summed E-state index contributed by atoms with van der Waals surface area (Å²) in [5, 5.41) is 2.52. The van der Waals surface area contributed by atoms with Crippen LogP contribution in [0, 0.1) is 0 Å². The van der Waals surface area contributed by atoms with Crippen molar-refractivity contribution < 1.29 is 4.74 Å². The lowest BCUT2D eigenvalue weighted by Crippen LogP contribution is -2.32. The zero-order chi connectivity index (χ0) is 36.3. The molecule has 2 nitrogen and oxygen atoms in total. The second kappa shape index (κ2) is 12.5. The maximum absolute atomic E-state index is 6.63. The molecule has 258 valence electrons. The molecule has 0 saturated heterocycles. The third kappa shape index (κ3) is 4.82. The number of rotatable bonds is 5. The number of para-hydroxylation sites is 3. The van der Waals surface area contributed by atoms with Crippen molar-refractivity contribution in [3.63, 3.8) is 0 Å². The number of ether oxygens (including phenoxy) is 1. The molecule has 0 fully saturated rings. The summed E-state index contributed by atoms with van der Waals surface area (Å²) in [4.78, 5) is 2.33. The molecule has 0 radical (unpaired) electrons. The fourth-order valence-corrected chi connectivity index (χ4v) is 9.11. The molecule has 0 unspecified atom stereocenters. The molecule has 11 rings (SSSR count). The summed E-state index contributed by atoms with van der Waals surface area (Å²) in [6, 6.07) is 76.7. The van der Waals surface area contributed by atoms with Gasteiger partial charge >= 0.3 is 0 Å². The highest BCUT2D eigenvalue weighted by Gasteiger charge is 2.51. The largest absolute Gasteiger partial charge is 0.457 e. The van der Waals surface area contributed by atoms with Crippen LogP contribution < -0.4 is 9.64 Å². The summed E-state index contributed by atoms with van der Waals surface area (Å²) >= 11 is 0. The lowest BCUT2D eigenvalue weighted by atomic mass is 9.66. The first-order valence-corrected chi connectivity index (χ1v) is 18.9. The van der Waals surface area contributed by atoms with Crippen LogP contribution in [0.15, 0.2) is 212 Å². The number of nitrogens with zero attached hydrogens (tertiary/aromatic N) is 1. The van der Waals surface area contributed by atoms with E-state index in [9.17, 15) is 0 Å². The fourth-order valence-electron chi connectivity index (χ4n) is 9.11. The number of benzene rings is 9. The van der Waals surface area contributed by atoms with E-state index >= 15 is 0 Å². The van der Waals surface area contributed by atoms with Crippen molar-refractivity contribution in [2.45, 2.75) is 5.41 Å². The summed E-state index contributed by atoms with van der Waals surface area (Å²) in [6.07, 6.45) is 0. The average molecular weight is 702 g/mol. The Bertz CT molecular complexity index is 2830. The molecule has 0 amide bonds. The number of anilines is 3. The predicted molar refractivity (Wildman–Crippen MR) is 227 cm³/mol. The van der Waals surface area contributed by atoms with Gasteiger partial charge in [0.25, 0.3) is 0 Å². The van der Waals surface area contributed by atoms with E-state index in [1.807, 2.05) is 0 Å². The molecule has 0 aromatic heterocycles. The minimum absolute atomic E-state index is 0.536. The molecule has 0 N–H and O–H groups in total. The minimum Gasteiger partial charge on any atom is -0.457 e. The number of fused-ring (bicyclic) bond motifs is 11. The van der Waals surface area contributed by atoms with Gasteiger partial charge in [0.05, 0.1) is 5.41 Å². The molecule has 0 atom stereocenters. The molecule has 9 aromatic rings. The van der Waals surface area contributed by atoms with Crippen molar-refractivity contribution in [1.82, 2.24) is 0 Å². The molecule has 1 heterocycles. The summed E-state index contributed by atoms with van der Waals surface area (Å²) in [7, 11) is 0. The van der Waals surface area contributed by atoms with E-state index in [2.05, 4.69) is 217 Å². The quantitative estimate of drug-likeness (QED) is 0.177. The lowest BCUT2D eigenvalue weighted by Gasteiger charge is -2.39. The molecule has 2 heteroatoms. The van der Waals surface area contributed by atoms with Crippen LogP contribution in [0.3, 0.4) is 0 Å². The molecule has 1 aliphatic carbocycles. The Morgan fingerprint density at radius 2 is 0.855 bits per heavy atom. The van der Waals surface area contributed by atoms with Crippen LogP contribution in [-0.2, 0) is 5.41 Å². The monoisotopic (exact) mass is 701 g/mol. The van der Waals surface area contributed by atoms with Crippen molar-refractivity contribution in [3.8, 4) is 44.9 Å². The summed E-state index contributed by atoms with van der Waals surface area (Å²) in [6.45, 7) is 0. The first-order chi connectivity index (χ1) is 27.3. The standard InChI is InChI=1S/C53H35NO/c1-3-13-36(14-4-1)37-23-29-42(30-24-37)54(41-16-5-2-6-17-41)43-31-25-38(26-32-43)40-27-33-45-49(35-40)53(48-34-28-39-15-7-8-18-44(39)52(45)48)46-19-9-11-21-50(46)55-51-22-12-10-20-47(51)53/h1-35H. The van der Waals surface area contributed by atoms with Crippen LogP contribution in [0.25, 0.3) is 44.2 Å². The van der Waals surface area contributed by atoms with Gasteiger partial charge < -0.3 is 9.64 Å². The van der Waals surface area contributed by atoms with Crippen LogP contribution in [0.2, 0.25) is 0 Å². The van der Waals surface area contributed by atoms with E-state index in [1.54, 1.807) is 0 Å². The predicted octanol–water partition coefficient (Wildman–Crippen LogP) is 14.1. The van der Waals surface area contributed by atoms with E-state index < -0.39 is 5.41 Å². The van der Waals surface area contributed by atoms with Crippen molar-refractivity contribution in [2.24, 2.45) is 0 Å². The smallest absolute Gasteiger partial charge is 0.132 e. The normalized spacial score (nSPS) is 13.0. The van der Waals surface area contributed by atoms with Gasteiger partial charge in [0.2, 0.25) is 0 Å². The minimum atomic E-state index is -0.536. The maximum Gasteiger partial charge on any atom is 0.132 e. The molecule has 0 saturated carbocycles. The van der Waals surface area contributed by atoms with Crippen LogP contribution in [0.4, 0.5) is 17.1 Å². The van der Waals surface area contributed by atoms with E-state index in [1.165, 1.54) is 66.4 Å². The number of hydrogen-bond donors (Lipinski definition) is 0. The Balaban J connectivity index is 1.06. The molecular formula is C53H35NO. The van der Waals surface area contributed by atoms with Gasteiger partial charge in [0.1, 0.15) is 11.5 Å². The van der Waals surface area contributed by atoms with Gasteiger partial charge in [-0.05, 0) is 110 Å². The summed E-state index contributed by atoms with van der Waals surface area (Å²) in [5.74, 6) is 1.81. The zero-order valence-electron chi connectivity index (χ0n) is 30.1. The van der Waals surface area contributed by atoms with Crippen molar-refractivity contribution in [1.29, 1.82) is 0 Å². The van der Waals surface area contributed by atoms with Gasteiger partial charge in [-0.2, -0.15) is 0 Å². The average Bonchev–Trinajstić information content (AvgIpc) is 3.55. The van der Waals surface area contributed by atoms with Gasteiger partial charge in [-0.25, -0.2) is 0 Å². The molecule has 2 aliphatic rings. The van der Waals surface area contributed by atoms with Gasteiger partial charge in [-0.15, -0.1) is 0 Å². The third-order valence-corrected chi connectivity index (χ3v) is 11.5. The Morgan fingerprint density at radius 3 is 1.53 bits per heavy atom. The summed E-state index contributed by atoms with van der Waals surface area (Å²) in [5.41, 5.74) is 15.1. The second-order valence-corrected chi connectivity index (χ2v) is 14.4. The third-order valence-electron chi connectivity index (χ3n) is 11.5. The molecule has 55 heavy (non-hydrogen) atoms. The van der Waals surface area contributed by atoms with Crippen molar-refractivity contribution in [3.05, 3.63) is 235 Å². The molecule has 1 aliphatic heterocycles. The van der Waals surface area contributed by atoms with E-state index in [4.69, 9.17) is 4.74 Å². The maximum atomic E-state index is 6.63. The highest BCUT2D eigenvalue weighted by molar-refractivity contribution is 6.05. The van der Waals surface area contributed by atoms with E-state index in [0.29, 0.717) is 0 Å². The fraction of sp³-hybridized carbons (Fsp3) is 0.0189. The van der Waals surface area contributed by atoms with Crippen molar-refractivity contribution >= 4 is 27.8 Å². The topological polar surface area (TPSA) is 12.5 Å². The van der Waals surface area contributed by atoms with Crippen LogP contribution in [0.5, 0.6) is 11.5 Å². The Morgan fingerprint density at radius 1 is 0.345 bits per heavy atom. The highest BCUT2D eigenvalue weighted by atomic mass is 16.5. The SMILES string of the molecule is c1ccc(-c2ccc(N(c3ccccc3)c3ccc(-c4ccc5c(c4)C4(c6ccccc6Oc6ccccc64)c4ccc6ccccc6c4-5)cc3)cc2)cc1. The highest BCUT2D eigenvalue weighted by Crippen LogP contribution is 2.63. The Labute approximate surface area is 321 Å². The van der Waals surface area contributed by atoms with Crippen molar-refractivity contribution in [2.75, 3.05) is 4.90 Å². The van der Waals surface area contributed by atoms with Crippen LogP contribution in [-0.4, -0.2) is 0 Å². The first kappa shape index (κ1) is 31.4. The molecular weight excluding hydrogens is 667 g/mol. The molecule has 9 aromatic carbocycles. The second-order valence-electron chi connectivity index (χ2n) is 14.4. The van der Waals surface area contributed by atoms with Gasteiger partial charge in [-0.1, -0.05) is 158 Å². The van der Waals surface area contributed by atoms with Gasteiger partial charge in [-0.3, -0.25) is 0 Å². The molecule has 0 bridgehead atoms. The molecule has 1 spiro atoms. The Hall–Kier alpha value is -7.16. The zero-order valence-corrected chi connectivity index (χ0v) is 30.1. The van der Waals surface area contributed by atoms with E-state index in [-0.39, 0.29) is 0 Å². The Kier molecular flexibility index (Phi) is 7.11. The lowest BCUT2D eigenvalue weighted by molar-refractivity contribution is 0.436. The summed E-state index contributed by atoms with van der Waals surface area (Å²) < 4.78 is 6.63. The van der Waals surface area contributed by atoms with Gasteiger partial charge in [0.15, 0.2) is 0 Å². The van der Waals surface area contributed by atoms with Crippen LogP contribution in [0.1, 0.15) is 22.3 Å². The van der Waals surface area contributed by atoms with Crippen LogP contribution >= 0.6 is 0 Å². The van der Waals surface area contributed by atoms with E-state index in [0.717, 1.165) is 28.6 Å². The number of hydrogen-bond acceptors (Lipinski definition) is 2.